The number of hydrogen-bond acceptors (Lipinski definition) is 7. The van der Waals surface area contributed by atoms with E-state index in [4.69, 9.17) is 10.7 Å². The zero-order valence-electron chi connectivity index (χ0n) is 21.5. The molecule has 0 radical (unpaired) electrons. The van der Waals surface area contributed by atoms with Crippen LogP contribution in [-0.4, -0.2) is 55.7 Å². The first-order valence-corrected chi connectivity index (χ1v) is 13.1. The van der Waals surface area contributed by atoms with Crippen molar-refractivity contribution in [1.82, 2.24) is 29.6 Å². The van der Waals surface area contributed by atoms with Crippen LogP contribution in [-0.2, 0) is 4.79 Å². The topological polar surface area (TPSA) is 131 Å². The van der Waals surface area contributed by atoms with E-state index < -0.39 is 0 Å². The summed E-state index contributed by atoms with van der Waals surface area (Å²) in [4.78, 5) is 41.2. The number of nitrogens with zero attached hydrogens (tertiary/aromatic N) is 5. The Balaban J connectivity index is 1.37. The predicted molar refractivity (Wildman–Crippen MR) is 149 cm³/mol. The van der Waals surface area contributed by atoms with Gasteiger partial charge in [0, 0.05) is 36.3 Å². The quantitative estimate of drug-likeness (QED) is 0.342. The number of fused-ring (bicyclic) bond motifs is 1. The second-order valence-electron chi connectivity index (χ2n) is 10.2. The number of piperidine rings is 1. The van der Waals surface area contributed by atoms with Crippen LogP contribution < -0.4 is 16.4 Å². The van der Waals surface area contributed by atoms with Crippen molar-refractivity contribution in [3.63, 3.8) is 0 Å². The van der Waals surface area contributed by atoms with E-state index in [1.807, 2.05) is 33.7 Å². The Hall–Kier alpha value is -4.57. The molecule has 2 fully saturated rings. The first kappa shape index (κ1) is 24.7. The molecule has 2 aliphatic rings. The number of hydrogen-bond donors (Lipinski definition) is 3. The van der Waals surface area contributed by atoms with E-state index >= 15 is 0 Å². The van der Waals surface area contributed by atoms with Crippen LogP contribution in [0, 0.1) is 5.41 Å². The normalized spacial score (nSPS) is 18.4. The lowest BCUT2D eigenvalue weighted by atomic mass is 9.77. The molecular formula is C29H30N8O2. The minimum Gasteiger partial charge on any atom is -0.382 e. The van der Waals surface area contributed by atoms with Crippen molar-refractivity contribution in [2.75, 3.05) is 30.7 Å². The minimum atomic E-state index is -0.256. The summed E-state index contributed by atoms with van der Waals surface area (Å²) in [5.41, 5.74) is 9.04. The lowest BCUT2D eigenvalue weighted by Gasteiger charge is -2.33. The average Bonchev–Trinajstić information content (AvgIpc) is 3.53. The summed E-state index contributed by atoms with van der Waals surface area (Å²) >= 11 is 0. The summed E-state index contributed by atoms with van der Waals surface area (Å²) in [7, 11) is 0. The first-order valence-electron chi connectivity index (χ1n) is 13.1. The number of benzene rings is 1. The molecule has 4 aromatic rings. The third-order valence-electron chi connectivity index (χ3n) is 7.87. The Morgan fingerprint density at radius 3 is 2.62 bits per heavy atom. The lowest BCUT2D eigenvalue weighted by molar-refractivity contribution is -0.127. The molecule has 2 saturated heterocycles. The maximum absolute atomic E-state index is 13.0. The molecule has 3 aromatic heterocycles. The van der Waals surface area contributed by atoms with Crippen LogP contribution in [0.5, 0.6) is 0 Å². The largest absolute Gasteiger partial charge is 0.382 e. The van der Waals surface area contributed by atoms with Crippen molar-refractivity contribution in [3.8, 4) is 11.3 Å². The van der Waals surface area contributed by atoms with E-state index in [9.17, 15) is 9.59 Å². The Labute approximate surface area is 226 Å². The highest BCUT2D eigenvalue weighted by molar-refractivity contribution is 6.04. The van der Waals surface area contributed by atoms with Crippen molar-refractivity contribution >= 4 is 29.0 Å². The van der Waals surface area contributed by atoms with Gasteiger partial charge in [-0.2, -0.15) is 0 Å². The molecule has 1 spiro atoms. The molecule has 2 aliphatic heterocycles. The van der Waals surface area contributed by atoms with Gasteiger partial charge in [0.2, 0.25) is 5.91 Å². The van der Waals surface area contributed by atoms with Gasteiger partial charge in [0.25, 0.3) is 5.91 Å². The van der Waals surface area contributed by atoms with Crippen molar-refractivity contribution in [2.45, 2.75) is 25.3 Å². The molecule has 0 bridgehead atoms. The van der Waals surface area contributed by atoms with Gasteiger partial charge in [0.15, 0.2) is 0 Å². The summed E-state index contributed by atoms with van der Waals surface area (Å²) in [6.07, 6.45) is 9.34. The summed E-state index contributed by atoms with van der Waals surface area (Å²) in [5, 5.41) is 6.23. The smallest absolute Gasteiger partial charge is 0.256 e. The van der Waals surface area contributed by atoms with E-state index in [1.54, 1.807) is 36.7 Å². The zero-order chi connectivity index (χ0) is 27.0. The number of nitrogen functional groups attached to an aromatic ring is 1. The Bertz CT molecular complexity index is 1540. The van der Waals surface area contributed by atoms with Gasteiger partial charge in [0.1, 0.15) is 28.7 Å². The highest BCUT2D eigenvalue weighted by Crippen LogP contribution is 2.48. The fourth-order valence-corrected chi connectivity index (χ4v) is 5.88. The van der Waals surface area contributed by atoms with Gasteiger partial charge >= 0.3 is 0 Å². The molecule has 5 heterocycles. The molecule has 0 aliphatic carbocycles. The molecule has 2 amide bonds. The SMILES string of the molecule is C=CC(=O)N1CC2(CCNCC2)CC1c1nc(-c2ccc(C(=O)Nc3ccccn3)cc2)c2c(N)nccn12. The van der Waals surface area contributed by atoms with Gasteiger partial charge in [-0.15, -0.1) is 0 Å². The number of amides is 2. The van der Waals surface area contributed by atoms with Gasteiger partial charge in [-0.1, -0.05) is 24.8 Å². The molecule has 1 atom stereocenters. The summed E-state index contributed by atoms with van der Waals surface area (Å²) in [6, 6.07) is 12.3. The maximum Gasteiger partial charge on any atom is 0.256 e. The standard InChI is InChI=1S/C29H30N8O2/c1-2-23(38)37-18-29(10-13-31-14-11-29)17-21(37)27-35-24(25-26(30)33-15-16-36(25)27)19-6-8-20(9-7-19)28(39)34-22-5-3-4-12-32-22/h2-9,12,15-16,21,31H,1,10-11,13-14,17-18H2,(H2,30,33)(H,32,34,39). The van der Waals surface area contributed by atoms with E-state index in [1.165, 1.54) is 6.08 Å². The molecule has 1 aromatic carbocycles. The number of carbonyl (C=O) groups excluding carboxylic acids is 2. The molecule has 0 saturated carbocycles. The van der Waals surface area contributed by atoms with Gasteiger partial charge in [-0.25, -0.2) is 15.0 Å². The Morgan fingerprint density at radius 1 is 1.10 bits per heavy atom. The van der Waals surface area contributed by atoms with Crippen LogP contribution in [0.4, 0.5) is 11.6 Å². The van der Waals surface area contributed by atoms with Crippen LogP contribution in [0.15, 0.2) is 73.7 Å². The predicted octanol–water partition coefficient (Wildman–Crippen LogP) is 3.46. The van der Waals surface area contributed by atoms with Gasteiger partial charge in [-0.05, 0) is 68.1 Å². The molecule has 4 N–H and O–H groups in total. The number of rotatable bonds is 5. The third-order valence-corrected chi connectivity index (χ3v) is 7.87. The minimum absolute atomic E-state index is 0.0434. The Morgan fingerprint density at radius 2 is 1.90 bits per heavy atom. The summed E-state index contributed by atoms with van der Waals surface area (Å²) in [5.74, 6) is 1.22. The average molecular weight is 523 g/mol. The van der Waals surface area contributed by atoms with Gasteiger partial charge in [-0.3, -0.25) is 14.0 Å². The molecular weight excluding hydrogens is 492 g/mol. The van der Waals surface area contributed by atoms with Crippen molar-refractivity contribution in [2.24, 2.45) is 5.41 Å². The van der Waals surface area contributed by atoms with E-state index in [-0.39, 0.29) is 23.3 Å². The summed E-state index contributed by atoms with van der Waals surface area (Å²) in [6.45, 7) is 6.30. The molecule has 39 heavy (non-hydrogen) atoms. The van der Waals surface area contributed by atoms with Crippen LogP contribution in [0.1, 0.15) is 41.5 Å². The highest BCUT2D eigenvalue weighted by Gasteiger charge is 2.47. The zero-order valence-corrected chi connectivity index (χ0v) is 21.5. The second-order valence-corrected chi connectivity index (χ2v) is 10.2. The number of pyridine rings is 1. The monoisotopic (exact) mass is 522 g/mol. The fourth-order valence-electron chi connectivity index (χ4n) is 5.88. The summed E-state index contributed by atoms with van der Waals surface area (Å²) < 4.78 is 1.95. The number of aromatic nitrogens is 4. The van der Waals surface area contributed by atoms with Crippen LogP contribution in [0.2, 0.25) is 0 Å². The Kier molecular flexibility index (Phi) is 6.32. The highest BCUT2D eigenvalue weighted by atomic mass is 16.2. The van der Waals surface area contributed by atoms with Crippen molar-refractivity contribution in [3.05, 3.63) is 85.1 Å². The van der Waals surface area contributed by atoms with Crippen LogP contribution >= 0.6 is 0 Å². The number of imidazole rings is 1. The molecule has 1 unspecified atom stereocenters. The van der Waals surface area contributed by atoms with Crippen LogP contribution in [0.25, 0.3) is 16.8 Å². The van der Waals surface area contributed by atoms with Crippen molar-refractivity contribution < 1.29 is 9.59 Å². The number of anilines is 2. The first-order chi connectivity index (χ1) is 19.0. The van der Waals surface area contributed by atoms with Crippen LogP contribution in [0.3, 0.4) is 0 Å². The number of carbonyl (C=O) groups is 2. The number of nitrogens with one attached hydrogen (secondary N) is 2. The maximum atomic E-state index is 13.0. The van der Waals surface area contributed by atoms with E-state index in [0.29, 0.717) is 35.0 Å². The van der Waals surface area contributed by atoms with E-state index in [2.05, 4.69) is 27.2 Å². The molecule has 198 valence electrons. The van der Waals surface area contributed by atoms with Crippen molar-refractivity contribution in [1.29, 1.82) is 0 Å². The number of nitrogens with two attached hydrogens (primary N) is 1. The lowest BCUT2D eigenvalue weighted by Crippen LogP contribution is -2.39. The second kappa shape index (κ2) is 9.95. The number of likely N-dealkylation sites (tertiary alicyclic amines) is 1. The molecule has 10 nitrogen and oxygen atoms in total. The molecule has 6 rings (SSSR count). The van der Waals surface area contributed by atoms with Gasteiger partial charge in [0.05, 0.1) is 6.04 Å². The molecule has 10 heteroatoms. The van der Waals surface area contributed by atoms with E-state index in [0.717, 1.165) is 43.7 Å². The van der Waals surface area contributed by atoms with Gasteiger partial charge < -0.3 is 21.3 Å². The third kappa shape index (κ3) is 4.52. The fraction of sp³-hybridized carbons (Fsp3) is 0.276.